The van der Waals surface area contributed by atoms with Gasteiger partial charge in [0.1, 0.15) is 11.4 Å². The molecule has 0 spiro atoms. The van der Waals surface area contributed by atoms with Crippen molar-refractivity contribution < 1.29 is 9.84 Å². The molecule has 2 heterocycles. The van der Waals surface area contributed by atoms with Gasteiger partial charge in [0.2, 0.25) is 0 Å². The van der Waals surface area contributed by atoms with Crippen molar-refractivity contribution in [1.29, 1.82) is 0 Å². The Hall–Kier alpha value is -1.00. The number of aliphatic hydroxyl groups excluding tert-OH is 1. The molecule has 1 aliphatic rings. The first kappa shape index (κ1) is 9.55. The van der Waals surface area contributed by atoms with Crippen LogP contribution in [0.25, 0.3) is 0 Å². The van der Waals surface area contributed by atoms with Gasteiger partial charge in [0.05, 0.1) is 11.3 Å². The van der Waals surface area contributed by atoms with E-state index in [9.17, 15) is 5.11 Å². The smallest absolute Gasteiger partial charge is 0.185 e. The standard InChI is InChI=1S/C10H14N2O2/c1-4-10(3)8-7(9(13)14-10)5-11-6(2)12-8/h5,9,13H,4H2,1-3H3. The number of hydrogen-bond donors (Lipinski definition) is 1. The van der Waals surface area contributed by atoms with Crippen LogP contribution in [-0.2, 0) is 10.3 Å². The monoisotopic (exact) mass is 194 g/mol. The minimum Gasteiger partial charge on any atom is -0.364 e. The quantitative estimate of drug-likeness (QED) is 0.734. The Labute approximate surface area is 83.0 Å². The van der Waals surface area contributed by atoms with Gasteiger partial charge in [-0.2, -0.15) is 0 Å². The zero-order valence-electron chi connectivity index (χ0n) is 8.61. The summed E-state index contributed by atoms with van der Waals surface area (Å²) < 4.78 is 5.48. The molecule has 0 saturated carbocycles. The number of rotatable bonds is 1. The van der Waals surface area contributed by atoms with Crippen molar-refractivity contribution >= 4 is 0 Å². The average Bonchev–Trinajstić information content (AvgIpc) is 2.40. The zero-order valence-corrected chi connectivity index (χ0v) is 8.61. The largest absolute Gasteiger partial charge is 0.364 e. The summed E-state index contributed by atoms with van der Waals surface area (Å²) in [5.74, 6) is 0.709. The summed E-state index contributed by atoms with van der Waals surface area (Å²) in [6.45, 7) is 5.79. The van der Waals surface area contributed by atoms with Crippen molar-refractivity contribution in [2.45, 2.75) is 39.1 Å². The maximum absolute atomic E-state index is 9.64. The Bertz CT molecular complexity index is 367. The van der Waals surface area contributed by atoms with E-state index in [0.29, 0.717) is 11.4 Å². The number of nitrogens with zero attached hydrogens (tertiary/aromatic N) is 2. The molecule has 1 aromatic rings. The third-order valence-electron chi connectivity index (χ3n) is 2.75. The van der Waals surface area contributed by atoms with Crippen LogP contribution in [0.1, 0.15) is 43.6 Å². The van der Waals surface area contributed by atoms with Crippen molar-refractivity contribution in [2.24, 2.45) is 0 Å². The highest BCUT2D eigenvalue weighted by Crippen LogP contribution is 2.42. The molecule has 0 fully saturated rings. The number of fused-ring (bicyclic) bond motifs is 1. The number of aryl methyl sites for hydroxylation is 1. The van der Waals surface area contributed by atoms with Crippen LogP contribution < -0.4 is 0 Å². The lowest BCUT2D eigenvalue weighted by Crippen LogP contribution is -2.21. The van der Waals surface area contributed by atoms with Gasteiger partial charge in [-0.15, -0.1) is 0 Å². The molecule has 4 heteroatoms. The van der Waals surface area contributed by atoms with Crippen molar-refractivity contribution in [2.75, 3.05) is 0 Å². The van der Waals surface area contributed by atoms with E-state index < -0.39 is 11.9 Å². The number of aromatic nitrogens is 2. The topological polar surface area (TPSA) is 55.2 Å². The first-order valence-electron chi connectivity index (χ1n) is 4.77. The lowest BCUT2D eigenvalue weighted by atomic mass is 9.98. The molecule has 2 atom stereocenters. The lowest BCUT2D eigenvalue weighted by Gasteiger charge is -2.21. The van der Waals surface area contributed by atoms with Crippen LogP contribution >= 0.6 is 0 Å². The molecular weight excluding hydrogens is 180 g/mol. The SMILES string of the molecule is CCC1(C)OC(O)c2cnc(C)nc21. The highest BCUT2D eigenvalue weighted by molar-refractivity contribution is 5.28. The second kappa shape index (κ2) is 3.00. The van der Waals surface area contributed by atoms with Gasteiger partial charge in [-0.3, -0.25) is 0 Å². The zero-order chi connectivity index (χ0) is 10.3. The molecule has 1 aliphatic heterocycles. The van der Waals surface area contributed by atoms with Crippen LogP contribution in [0.15, 0.2) is 6.20 Å². The first-order chi connectivity index (χ1) is 6.57. The molecule has 4 nitrogen and oxygen atoms in total. The fraction of sp³-hybridized carbons (Fsp3) is 0.600. The molecule has 76 valence electrons. The van der Waals surface area contributed by atoms with E-state index in [4.69, 9.17) is 4.74 Å². The molecule has 0 amide bonds. The van der Waals surface area contributed by atoms with E-state index >= 15 is 0 Å². The minimum absolute atomic E-state index is 0.470. The first-order valence-corrected chi connectivity index (χ1v) is 4.77. The Morgan fingerprint density at radius 2 is 2.36 bits per heavy atom. The summed E-state index contributed by atoms with van der Waals surface area (Å²) in [5.41, 5.74) is 1.04. The van der Waals surface area contributed by atoms with Crippen molar-refractivity contribution in [3.05, 3.63) is 23.3 Å². The van der Waals surface area contributed by atoms with E-state index in [-0.39, 0.29) is 0 Å². The summed E-state index contributed by atoms with van der Waals surface area (Å²) in [7, 11) is 0. The second-order valence-corrected chi connectivity index (χ2v) is 3.78. The van der Waals surface area contributed by atoms with E-state index in [1.54, 1.807) is 6.20 Å². The lowest BCUT2D eigenvalue weighted by molar-refractivity contribution is -0.167. The third-order valence-corrected chi connectivity index (χ3v) is 2.75. The number of aliphatic hydroxyl groups is 1. The molecule has 2 rings (SSSR count). The van der Waals surface area contributed by atoms with E-state index in [2.05, 4.69) is 9.97 Å². The maximum atomic E-state index is 9.64. The number of hydrogen-bond acceptors (Lipinski definition) is 4. The van der Waals surface area contributed by atoms with E-state index in [1.807, 2.05) is 20.8 Å². The predicted molar refractivity (Wildman–Crippen MR) is 50.5 cm³/mol. The van der Waals surface area contributed by atoms with Crippen molar-refractivity contribution in [3.63, 3.8) is 0 Å². The summed E-state index contributed by atoms with van der Waals surface area (Å²) in [5, 5.41) is 9.64. The molecule has 0 saturated heterocycles. The second-order valence-electron chi connectivity index (χ2n) is 3.78. The highest BCUT2D eigenvalue weighted by Gasteiger charge is 2.41. The summed E-state index contributed by atoms with van der Waals surface area (Å²) in [6, 6.07) is 0. The normalized spacial score (nSPS) is 30.4. The van der Waals surface area contributed by atoms with E-state index in [0.717, 1.165) is 12.1 Å². The van der Waals surface area contributed by atoms with Crippen LogP contribution in [0.2, 0.25) is 0 Å². The summed E-state index contributed by atoms with van der Waals surface area (Å²) in [4.78, 5) is 8.38. The van der Waals surface area contributed by atoms with Gasteiger partial charge in [0.25, 0.3) is 0 Å². The molecule has 0 radical (unpaired) electrons. The molecule has 0 bridgehead atoms. The van der Waals surface area contributed by atoms with Gasteiger partial charge in [-0.05, 0) is 20.3 Å². The average molecular weight is 194 g/mol. The minimum atomic E-state index is -0.879. The van der Waals surface area contributed by atoms with Crippen molar-refractivity contribution in [3.8, 4) is 0 Å². The highest BCUT2D eigenvalue weighted by atomic mass is 16.6. The van der Waals surface area contributed by atoms with Crippen LogP contribution in [0, 0.1) is 6.92 Å². The Balaban J connectivity index is 2.56. The van der Waals surface area contributed by atoms with Crippen molar-refractivity contribution in [1.82, 2.24) is 9.97 Å². The predicted octanol–water partition coefficient (Wildman–Crippen LogP) is 1.43. The van der Waals surface area contributed by atoms with Gasteiger partial charge in [0.15, 0.2) is 6.29 Å². The molecule has 0 aromatic carbocycles. The van der Waals surface area contributed by atoms with Crippen LogP contribution in [-0.4, -0.2) is 15.1 Å². The summed E-state index contributed by atoms with van der Waals surface area (Å²) >= 11 is 0. The molecule has 2 unspecified atom stereocenters. The van der Waals surface area contributed by atoms with Gasteiger partial charge < -0.3 is 9.84 Å². The summed E-state index contributed by atoms with van der Waals surface area (Å²) in [6.07, 6.45) is 1.55. The Kier molecular flexibility index (Phi) is 2.05. The number of ether oxygens (including phenoxy) is 1. The third kappa shape index (κ3) is 1.22. The van der Waals surface area contributed by atoms with Gasteiger partial charge in [0, 0.05) is 6.20 Å². The van der Waals surface area contributed by atoms with Gasteiger partial charge in [-0.1, -0.05) is 6.92 Å². The van der Waals surface area contributed by atoms with Crippen LogP contribution in [0.3, 0.4) is 0 Å². The van der Waals surface area contributed by atoms with Gasteiger partial charge in [-0.25, -0.2) is 9.97 Å². The van der Waals surface area contributed by atoms with E-state index in [1.165, 1.54) is 0 Å². The van der Waals surface area contributed by atoms with Crippen LogP contribution in [0.4, 0.5) is 0 Å². The molecule has 1 N–H and O–H groups in total. The maximum Gasteiger partial charge on any atom is 0.185 e. The fourth-order valence-electron chi connectivity index (χ4n) is 1.70. The Morgan fingerprint density at radius 1 is 1.64 bits per heavy atom. The molecular formula is C10H14N2O2. The molecule has 0 aliphatic carbocycles. The molecule has 14 heavy (non-hydrogen) atoms. The van der Waals surface area contributed by atoms with Gasteiger partial charge >= 0.3 is 0 Å². The molecule has 1 aromatic heterocycles. The Morgan fingerprint density at radius 3 is 3.00 bits per heavy atom. The fourth-order valence-corrected chi connectivity index (χ4v) is 1.70. The van der Waals surface area contributed by atoms with Crippen LogP contribution in [0.5, 0.6) is 0 Å².